The van der Waals surface area contributed by atoms with Gasteiger partial charge in [-0.25, -0.2) is 4.68 Å². The van der Waals surface area contributed by atoms with Crippen LogP contribution in [0.15, 0.2) is 24.3 Å². The summed E-state index contributed by atoms with van der Waals surface area (Å²) in [5.74, 6) is 1.10. The molecule has 1 aromatic heterocycles. The molecule has 28 heavy (non-hydrogen) atoms. The molecular formula is C20H30ClN5O2. The fourth-order valence-electron chi connectivity index (χ4n) is 3.22. The summed E-state index contributed by atoms with van der Waals surface area (Å²) in [6, 6.07) is 8.12. The zero-order chi connectivity index (χ0) is 19.2. The predicted octanol–water partition coefficient (Wildman–Crippen LogP) is 2.90. The van der Waals surface area contributed by atoms with Gasteiger partial charge >= 0.3 is 0 Å². The summed E-state index contributed by atoms with van der Waals surface area (Å²) in [5.41, 5.74) is 2.22. The number of hydrogen-bond donors (Lipinski definition) is 2. The van der Waals surface area contributed by atoms with Crippen molar-refractivity contribution >= 4 is 18.3 Å². The minimum absolute atomic E-state index is 0. The van der Waals surface area contributed by atoms with Gasteiger partial charge in [-0.15, -0.1) is 17.5 Å². The number of piperidine rings is 1. The van der Waals surface area contributed by atoms with Gasteiger partial charge in [-0.05, 0) is 56.5 Å². The highest BCUT2D eigenvalue weighted by molar-refractivity contribution is 5.93. The van der Waals surface area contributed by atoms with E-state index in [0.717, 1.165) is 42.9 Å². The number of halogens is 1. The molecule has 0 aliphatic carbocycles. The average molecular weight is 408 g/mol. The summed E-state index contributed by atoms with van der Waals surface area (Å²) in [4.78, 5) is 12.6. The molecule has 2 N–H and O–H groups in total. The maximum atomic E-state index is 12.6. The van der Waals surface area contributed by atoms with Crippen molar-refractivity contribution in [1.82, 2.24) is 25.6 Å². The lowest BCUT2D eigenvalue weighted by Gasteiger charge is -2.23. The summed E-state index contributed by atoms with van der Waals surface area (Å²) in [5, 5.41) is 14.6. The highest BCUT2D eigenvalue weighted by Crippen LogP contribution is 2.20. The molecule has 0 atom stereocenters. The van der Waals surface area contributed by atoms with Crippen LogP contribution in [0.1, 0.15) is 54.5 Å². The van der Waals surface area contributed by atoms with Crippen LogP contribution in [0.25, 0.3) is 0 Å². The van der Waals surface area contributed by atoms with Gasteiger partial charge < -0.3 is 15.4 Å². The summed E-state index contributed by atoms with van der Waals surface area (Å²) >= 11 is 0. The third-order valence-electron chi connectivity index (χ3n) is 4.73. The number of aromatic nitrogens is 3. The molecular weight excluding hydrogens is 378 g/mol. The predicted molar refractivity (Wildman–Crippen MR) is 111 cm³/mol. The molecule has 1 amide bonds. The number of carbonyl (C=O) groups excluding carboxylic acids is 1. The molecule has 1 aromatic carbocycles. The largest absolute Gasteiger partial charge is 0.493 e. The Morgan fingerprint density at radius 3 is 2.82 bits per heavy atom. The minimum atomic E-state index is -0.193. The van der Waals surface area contributed by atoms with E-state index < -0.39 is 0 Å². The highest BCUT2D eigenvalue weighted by atomic mass is 35.5. The molecule has 1 saturated heterocycles. The molecule has 1 aliphatic heterocycles. The number of carbonyl (C=O) groups is 1. The Morgan fingerprint density at radius 2 is 2.11 bits per heavy atom. The Balaban J connectivity index is 0.00000280. The molecule has 3 rings (SSSR count). The third-order valence-corrected chi connectivity index (χ3v) is 4.73. The average Bonchev–Trinajstić information content (AvgIpc) is 3.07. The maximum absolute atomic E-state index is 12.6. The van der Waals surface area contributed by atoms with Crippen molar-refractivity contribution in [3.8, 4) is 5.75 Å². The van der Waals surface area contributed by atoms with Gasteiger partial charge in [0.25, 0.3) is 5.91 Å². The zero-order valence-electron chi connectivity index (χ0n) is 16.8. The second-order valence-electron chi connectivity index (χ2n) is 7.48. The van der Waals surface area contributed by atoms with Gasteiger partial charge in [0.2, 0.25) is 0 Å². The molecule has 2 heterocycles. The van der Waals surface area contributed by atoms with Crippen molar-refractivity contribution < 1.29 is 9.53 Å². The van der Waals surface area contributed by atoms with Crippen LogP contribution >= 0.6 is 12.4 Å². The topological polar surface area (TPSA) is 81.1 Å². The van der Waals surface area contributed by atoms with Gasteiger partial charge in [0.1, 0.15) is 5.75 Å². The van der Waals surface area contributed by atoms with E-state index in [0.29, 0.717) is 30.8 Å². The molecule has 8 heteroatoms. The van der Waals surface area contributed by atoms with E-state index in [9.17, 15) is 4.79 Å². The van der Waals surface area contributed by atoms with Gasteiger partial charge in [0.15, 0.2) is 5.69 Å². The number of rotatable bonds is 7. The van der Waals surface area contributed by atoms with Gasteiger partial charge in [-0.3, -0.25) is 4.79 Å². The van der Waals surface area contributed by atoms with Crippen LogP contribution in [-0.2, 0) is 6.54 Å². The molecule has 1 aliphatic rings. The Bertz CT molecular complexity index is 772. The summed E-state index contributed by atoms with van der Waals surface area (Å²) in [6.07, 6.45) is 2.02. The van der Waals surface area contributed by atoms with Crippen molar-refractivity contribution in [2.24, 2.45) is 5.92 Å². The van der Waals surface area contributed by atoms with E-state index in [4.69, 9.17) is 4.74 Å². The monoisotopic (exact) mass is 407 g/mol. The Hall–Kier alpha value is -2.12. The van der Waals surface area contributed by atoms with E-state index in [1.165, 1.54) is 0 Å². The first-order valence-electron chi connectivity index (χ1n) is 9.67. The quantitative estimate of drug-likeness (QED) is 0.737. The van der Waals surface area contributed by atoms with Crippen LogP contribution in [0, 0.1) is 12.8 Å². The van der Waals surface area contributed by atoms with Crippen LogP contribution < -0.4 is 15.4 Å². The van der Waals surface area contributed by atoms with E-state index in [1.54, 1.807) is 0 Å². The third kappa shape index (κ3) is 5.69. The Kier molecular flexibility index (Phi) is 8.26. The number of benzene rings is 1. The van der Waals surface area contributed by atoms with E-state index in [-0.39, 0.29) is 18.3 Å². The number of nitrogens with zero attached hydrogens (tertiary/aromatic N) is 3. The molecule has 0 saturated carbocycles. The highest BCUT2D eigenvalue weighted by Gasteiger charge is 2.22. The van der Waals surface area contributed by atoms with Crippen molar-refractivity contribution in [2.75, 3.05) is 19.7 Å². The summed E-state index contributed by atoms with van der Waals surface area (Å²) < 4.78 is 7.64. The van der Waals surface area contributed by atoms with E-state index in [2.05, 4.69) is 34.8 Å². The minimum Gasteiger partial charge on any atom is -0.493 e. The number of ether oxygens (including phenoxy) is 1. The maximum Gasteiger partial charge on any atom is 0.274 e. The number of hydrogen-bond acceptors (Lipinski definition) is 5. The summed E-state index contributed by atoms with van der Waals surface area (Å²) in [7, 11) is 0. The number of amides is 1. The standard InChI is InChI=1S/C20H29N5O2.ClH/c1-14(2)13-27-18-6-4-5-16(11-18)12-22-20(26)19-15(3)25(24-23-19)17-7-9-21-10-8-17;/h4-6,11,14,17,21H,7-10,12-13H2,1-3H3,(H,22,26);1H. The second kappa shape index (κ2) is 10.4. The van der Waals surface area contributed by atoms with Crippen LogP contribution in [0.3, 0.4) is 0 Å². The molecule has 0 unspecified atom stereocenters. The first-order valence-corrected chi connectivity index (χ1v) is 9.67. The normalized spacial score (nSPS) is 14.6. The van der Waals surface area contributed by atoms with Crippen molar-refractivity contribution in [3.05, 3.63) is 41.2 Å². The molecule has 0 bridgehead atoms. The molecule has 2 aromatic rings. The molecule has 1 fully saturated rings. The van der Waals surface area contributed by atoms with Crippen molar-refractivity contribution in [3.63, 3.8) is 0 Å². The fraction of sp³-hybridized carbons (Fsp3) is 0.550. The lowest BCUT2D eigenvalue weighted by molar-refractivity contribution is 0.0945. The second-order valence-corrected chi connectivity index (χ2v) is 7.48. The van der Waals surface area contributed by atoms with Gasteiger partial charge in [-0.1, -0.05) is 31.2 Å². The van der Waals surface area contributed by atoms with E-state index >= 15 is 0 Å². The first kappa shape index (κ1) is 22.2. The van der Waals surface area contributed by atoms with Gasteiger partial charge in [-0.2, -0.15) is 0 Å². The SMILES string of the molecule is Cc1c(C(=O)NCc2cccc(OCC(C)C)c2)nnn1C1CCNCC1.Cl. The molecule has 0 radical (unpaired) electrons. The van der Waals surface area contributed by atoms with Crippen molar-refractivity contribution in [1.29, 1.82) is 0 Å². The Morgan fingerprint density at radius 1 is 1.36 bits per heavy atom. The molecule has 7 nitrogen and oxygen atoms in total. The van der Waals surface area contributed by atoms with Gasteiger partial charge in [0, 0.05) is 6.54 Å². The van der Waals surface area contributed by atoms with Crippen LogP contribution in [0.2, 0.25) is 0 Å². The van der Waals surface area contributed by atoms with Gasteiger partial charge in [0.05, 0.1) is 18.3 Å². The Labute approximate surface area is 172 Å². The van der Waals surface area contributed by atoms with Crippen LogP contribution in [0.5, 0.6) is 5.75 Å². The lowest BCUT2D eigenvalue weighted by Crippen LogP contribution is -2.30. The smallest absolute Gasteiger partial charge is 0.274 e. The number of nitrogens with one attached hydrogen (secondary N) is 2. The molecule has 154 valence electrons. The summed E-state index contributed by atoms with van der Waals surface area (Å²) in [6.45, 7) is 9.19. The van der Waals surface area contributed by atoms with Crippen LogP contribution in [-0.4, -0.2) is 40.6 Å². The fourth-order valence-corrected chi connectivity index (χ4v) is 3.22. The van der Waals surface area contributed by atoms with Crippen LogP contribution in [0.4, 0.5) is 0 Å². The first-order chi connectivity index (χ1) is 13.0. The molecule has 0 spiro atoms. The lowest BCUT2D eigenvalue weighted by atomic mass is 10.1. The van der Waals surface area contributed by atoms with E-state index in [1.807, 2.05) is 35.9 Å². The zero-order valence-corrected chi connectivity index (χ0v) is 17.6. The van der Waals surface area contributed by atoms with Crippen molar-refractivity contribution in [2.45, 2.75) is 46.2 Å².